The van der Waals surface area contributed by atoms with Crippen molar-refractivity contribution >= 4 is 27.7 Å². The van der Waals surface area contributed by atoms with Crippen molar-refractivity contribution < 1.29 is 4.79 Å². The number of amides is 1. The first-order valence-corrected chi connectivity index (χ1v) is 9.26. The van der Waals surface area contributed by atoms with Crippen molar-refractivity contribution in [2.75, 3.05) is 6.54 Å². The molecule has 0 aliphatic heterocycles. The van der Waals surface area contributed by atoms with Gasteiger partial charge in [-0.3, -0.25) is 9.89 Å². The molecule has 0 aliphatic rings. The van der Waals surface area contributed by atoms with Gasteiger partial charge in [-0.1, -0.05) is 26.8 Å². The lowest BCUT2D eigenvalue weighted by atomic mass is 10.1. The van der Waals surface area contributed by atoms with Gasteiger partial charge < -0.3 is 16.0 Å². The van der Waals surface area contributed by atoms with E-state index in [1.165, 1.54) is 5.56 Å². The second-order valence-corrected chi connectivity index (χ2v) is 6.08. The second kappa shape index (κ2) is 8.05. The highest BCUT2D eigenvalue weighted by Crippen LogP contribution is 2.29. The Bertz CT molecular complexity index is 1080. The molecule has 0 aliphatic carbocycles. The van der Waals surface area contributed by atoms with Gasteiger partial charge in [0.05, 0.1) is 11.2 Å². The number of carbonyl (C=O) groups excluding carboxylic acids is 1. The van der Waals surface area contributed by atoms with Crippen LogP contribution < -0.4 is 11.1 Å². The monoisotopic (exact) mass is 363 g/mol. The number of fused-ring (bicyclic) bond motifs is 2. The maximum Gasteiger partial charge on any atom is 0.248 e. The summed E-state index contributed by atoms with van der Waals surface area (Å²) in [6.45, 7) is 7.90. The predicted molar refractivity (Wildman–Crippen MR) is 111 cm³/mol. The van der Waals surface area contributed by atoms with Gasteiger partial charge >= 0.3 is 0 Å². The van der Waals surface area contributed by atoms with Gasteiger partial charge in [-0.2, -0.15) is 5.10 Å². The Hall–Kier alpha value is -3.12. The Labute approximate surface area is 158 Å². The first kappa shape index (κ1) is 18.7. The number of benzene rings is 2. The van der Waals surface area contributed by atoms with Crippen molar-refractivity contribution in [3.8, 4) is 11.4 Å². The zero-order chi connectivity index (χ0) is 19.4. The van der Waals surface area contributed by atoms with Crippen LogP contribution in [0.2, 0.25) is 0 Å². The summed E-state index contributed by atoms with van der Waals surface area (Å²) < 4.78 is 0. The number of primary amides is 1. The Morgan fingerprint density at radius 1 is 1.11 bits per heavy atom. The lowest BCUT2D eigenvalue weighted by Crippen LogP contribution is -2.11. The predicted octanol–water partition coefficient (Wildman–Crippen LogP) is 3.95. The van der Waals surface area contributed by atoms with Gasteiger partial charge in [-0.05, 0) is 48.5 Å². The molecule has 0 unspecified atom stereocenters. The number of rotatable bonds is 5. The molecule has 2 heterocycles. The second-order valence-electron chi connectivity index (χ2n) is 6.08. The van der Waals surface area contributed by atoms with Crippen LogP contribution in [0, 0.1) is 0 Å². The van der Waals surface area contributed by atoms with Crippen LogP contribution in [-0.4, -0.2) is 27.6 Å². The van der Waals surface area contributed by atoms with Gasteiger partial charge in [-0.15, -0.1) is 0 Å². The van der Waals surface area contributed by atoms with Crippen LogP contribution in [0.25, 0.3) is 33.2 Å². The minimum Gasteiger partial charge on any atom is -0.366 e. The van der Waals surface area contributed by atoms with Crippen LogP contribution in [-0.2, 0) is 6.54 Å². The van der Waals surface area contributed by atoms with E-state index in [1.54, 1.807) is 12.1 Å². The summed E-state index contributed by atoms with van der Waals surface area (Å²) in [5.41, 5.74) is 10.7. The average Bonchev–Trinajstić information content (AvgIpc) is 3.30. The first-order valence-electron chi connectivity index (χ1n) is 9.26. The minimum absolute atomic E-state index is 0.447. The van der Waals surface area contributed by atoms with Gasteiger partial charge in [0.15, 0.2) is 0 Å². The van der Waals surface area contributed by atoms with E-state index in [1.807, 2.05) is 19.9 Å². The quantitative estimate of drug-likeness (QED) is 0.432. The van der Waals surface area contributed by atoms with E-state index in [-0.39, 0.29) is 0 Å². The molecule has 0 bridgehead atoms. The van der Waals surface area contributed by atoms with E-state index in [4.69, 9.17) is 5.73 Å². The fourth-order valence-electron chi connectivity index (χ4n) is 3.07. The Balaban J connectivity index is 0.00000102. The zero-order valence-electron chi connectivity index (χ0n) is 15.9. The third-order valence-corrected chi connectivity index (χ3v) is 4.37. The third-order valence-electron chi connectivity index (χ3n) is 4.37. The summed E-state index contributed by atoms with van der Waals surface area (Å²) in [5.74, 6) is -0.447. The molecule has 5 N–H and O–H groups in total. The summed E-state index contributed by atoms with van der Waals surface area (Å²) in [6.07, 6.45) is 0. The highest BCUT2D eigenvalue weighted by molar-refractivity contribution is 6.00. The lowest BCUT2D eigenvalue weighted by molar-refractivity contribution is 0.100. The number of hydrogen-bond acceptors (Lipinski definition) is 3. The van der Waals surface area contributed by atoms with Crippen molar-refractivity contribution in [2.24, 2.45) is 5.73 Å². The maximum atomic E-state index is 11.3. The van der Waals surface area contributed by atoms with Crippen molar-refractivity contribution in [2.45, 2.75) is 27.3 Å². The van der Waals surface area contributed by atoms with Gasteiger partial charge in [0, 0.05) is 28.4 Å². The number of nitrogens with one attached hydrogen (secondary N) is 3. The molecule has 0 atom stereocenters. The molecule has 0 fully saturated rings. The van der Waals surface area contributed by atoms with Crippen molar-refractivity contribution in [1.29, 1.82) is 0 Å². The van der Waals surface area contributed by atoms with E-state index in [2.05, 4.69) is 51.7 Å². The molecule has 2 aromatic heterocycles. The molecular weight excluding hydrogens is 338 g/mol. The molecular formula is C21H25N5O. The normalized spacial score (nSPS) is 10.8. The van der Waals surface area contributed by atoms with Gasteiger partial charge in [0.2, 0.25) is 5.91 Å². The third kappa shape index (κ3) is 3.71. The average molecular weight is 363 g/mol. The molecule has 27 heavy (non-hydrogen) atoms. The van der Waals surface area contributed by atoms with Crippen molar-refractivity contribution in [3.05, 3.63) is 53.6 Å². The van der Waals surface area contributed by atoms with Crippen LogP contribution in [0.4, 0.5) is 0 Å². The Morgan fingerprint density at radius 3 is 2.67 bits per heavy atom. The van der Waals surface area contributed by atoms with Crippen LogP contribution in [0.1, 0.15) is 36.7 Å². The van der Waals surface area contributed by atoms with Crippen molar-refractivity contribution in [1.82, 2.24) is 20.5 Å². The molecule has 2 aromatic carbocycles. The molecule has 6 nitrogen and oxygen atoms in total. The first-order chi connectivity index (χ1) is 13.2. The molecule has 0 spiro atoms. The van der Waals surface area contributed by atoms with Gasteiger partial charge in [-0.25, -0.2) is 0 Å². The number of aromatic nitrogens is 3. The highest BCUT2D eigenvalue weighted by atomic mass is 16.1. The molecule has 140 valence electrons. The SMILES string of the molecule is CC.CCNCc1ccc2[nH]c(-c3n[nH]c4cc(C(N)=O)ccc34)cc2c1. The summed E-state index contributed by atoms with van der Waals surface area (Å²) in [6, 6.07) is 13.8. The number of H-pyrrole nitrogens is 2. The largest absolute Gasteiger partial charge is 0.366 e. The topological polar surface area (TPSA) is 99.6 Å². The highest BCUT2D eigenvalue weighted by Gasteiger charge is 2.12. The number of carbonyl (C=O) groups is 1. The Kier molecular flexibility index (Phi) is 5.57. The molecule has 0 saturated carbocycles. The van der Waals surface area contributed by atoms with E-state index < -0.39 is 5.91 Å². The summed E-state index contributed by atoms with van der Waals surface area (Å²) in [5, 5.41) is 12.8. The van der Waals surface area contributed by atoms with Crippen molar-refractivity contribution in [3.63, 3.8) is 0 Å². The zero-order valence-corrected chi connectivity index (χ0v) is 15.9. The van der Waals surface area contributed by atoms with E-state index in [0.29, 0.717) is 5.56 Å². The summed E-state index contributed by atoms with van der Waals surface area (Å²) in [7, 11) is 0. The summed E-state index contributed by atoms with van der Waals surface area (Å²) >= 11 is 0. The number of aromatic amines is 2. The fraction of sp³-hybridized carbons (Fsp3) is 0.238. The molecule has 0 saturated heterocycles. The molecule has 6 heteroatoms. The van der Waals surface area contributed by atoms with Crippen LogP contribution in [0.5, 0.6) is 0 Å². The molecule has 1 amide bonds. The molecule has 0 radical (unpaired) electrons. The smallest absolute Gasteiger partial charge is 0.248 e. The van der Waals surface area contributed by atoms with Crippen LogP contribution >= 0.6 is 0 Å². The van der Waals surface area contributed by atoms with E-state index in [0.717, 1.165) is 46.3 Å². The van der Waals surface area contributed by atoms with E-state index >= 15 is 0 Å². The van der Waals surface area contributed by atoms with Crippen LogP contribution in [0.3, 0.4) is 0 Å². The summed E-state index contributed by atoms with van der Waals surface area (Å²) in [4.78, 5) is 14.7. The van der Waals surface area contributed by atoms with E-state index in [9.17, 15) is 4.79 Å². The number of nitrogens with zero attached hydrogens (tertiary/aromatic N) is 1. The molecule has 4 rings (SSSR count). The Morgan fingerprint density at radius 2 is 1.93 bits per heavy atom. The van der Waals surface area contributed by atoms with Gasteiger partial charge in [0.25, 0.3) is 0 Å². The lowest BCUT2D eigenvalue weighted by Gasteiger charge is -2.01. The standard InChI is InChI=1S/C19H19N5O.C2H6/c1-2-21-10-11-3-6-15-13(7-11)9-17(22-15)18-14-5-4-12(19(20)25)8-16(14)23-24-18;1-2/h3-9,21-22H,2,10H2,1H3,(H2,20,25)(H,23,24);1-2H3. The number of hydrogen-bond donors (Lipinski definition) is 4. The van der Waals surface area contributed by atoms with Crippen LogP contribution in [0.15, 0.2) is 42.5 Å². The van der Waals surface area contributed by atoms with Gasteiger partial charge in [0.1, 0.15) is 5.69 Å². The minimum atomic E-state index is -0.447. The maximum absolute atomic E-state index is 11.3. The molecule has 4 aromatic rings. The number of nitrogens with two attached hydrogens (primary N) is 1. The fourth-order valence-corrected chi connectivity index (χ4v) is 3.07.